The van der Waals surface area contributed by atoms with Gasteiger partial charge in [0, 0.05) is 27.2 Å². The van der Waals surface area contributed by atoms with Crippen LogP contribution in [0.3, 0.4) is 0 Å². The van der Waals surface area contributed by atoms with Crippen LogP contribution in [0.4, 0.5) is 0 Å². The van der Waals surface area contributed by atoms with E-state index in [2.05, 4.69) is 4.98 Å². The molecule has 1 aliphatic heterocycles. The van der Waals surface area contributed by atoms with E-state index < -0.39 is 11.2 Å². The van der Waals surface area contributed by atoms with E-state index in [9.17, 15) is 14.4 Å². The van der Waals surface area contributed by atoms with E-state index in [0.29, 0.717) is 5.65 Å². The van der Waals surface area contributed by atoms with Crippen LogP contribution in [0.5, 0.6) is 0 Å². The molecule has 4 rings (SSSR count). The molecule has 8 nitrogen and oxygen atoms in total. The fourth-order valence-corrected chi connectivity index (χ4v) is 3.56. The maximum absolute atomic E-state index is 12.6. The monoisotopic (exact) mass is 343 g/mol. The molecule has 0 atom stereocenters. The van der Waals surface area contributed by atoms with Crippen LogP contribution < -0.4 is 11.2 Å². The minimum Gasteiger partial charge on any atom is -0.341 e. The van der Waals surface area contributed by atoms with Gasteiger partial charge in [0.25, 0.3) is 5.56 Å². The van der Waals surface area contributed by atoms with E-state index >= 15 is 0 Å². The number of piperidine rings is 1. The van der Waals surface area contributed by atoms with Gasteiger partial charge >= 0.3 is 5.69 Å². The van der Waals surface area contributed by atoms with Crippen molar-refractivity contribution in [3.63, 3.8) is 0 Å². The molecule has 0 spiro atoms. The van der Waals surface area contributed by atoms with Crippen molar-refractivity contribution < 1.29 is 4.79 Å². The van der Waals surface area contributed by atoms with Crippen molar-refractivity contribution in [2.24, 2.45) is 14.1 Å². The van der Waals surface area contributed by atoms with Crippen LogP contribution in [0.2, 0.25) is 0 Å². The average Bonchev–Trinajstić information content (AvgIpc) is 3.39. The van der Waals surface area contributed by atoms with E-state index in [1.165, 1.54) is 36.4 Å². The number of imidazole rings is 1. The number of aromatic nitrogens is 4. The molecule has 1 saturated carbocycles. The lowest BCUT2D eigenvalue weighted by Crippen LogP contribution is -2.40. The Balaban J connectivity index is 1.59. The summed E-state index contributed by atoms with van der Waals surface area (Å²) in [6.45, 7) is 1.54. The van der Waals surface area contributed by atoms with Gasteiger partial charge in [0.1, 0.15) is 6.54 Å². The molecule has 0 radical (unpaired) electrons. The van der Waals surface area contributed by atoms with Gasteiger partial charge in [-0.2, -0.15) is 0 Å². The molecule has 0 aromatic carbocycles. The second-order valence-electron chi connectivity index (χ2n) is 6.84. The number of amides is 1. The molecule has 2 aromatic heterocycles. The van der Waals surface area contributed by atoms with E-state index in [-0.39, 0.29) is 18.0 Å². The molecule has 2 aromatic rings. The zero-order valence-electron chi connectivity index (χ0n) is 14.5. The number of hydrogen-bond donors (Lipinski definition) is 0. The van der Waals surface area contributed by atoms with Crippen LogP contribution in [0.1, 0.15) is 25.7 Å². The lowest BCUT2D eigenvalue weighted by atomic mass is 10.0. The highest BCUT2D eigenvalue weighted by molar-refractivity contribution is 5.79. The van der Waals surface area contributed by atoms with Crippen molar-refractivity contribution in [1.82, 2.24) is 23.6 Å². The van der Waals surface area contributed by atoms with E-state index in [4.69, 9.17) is 0 Å². The highest BCUT2D eigenvalue weighted by Crippen LogP contribution is 2.36. The Bertz CT molecular complexity index is 1010. The number of allylic oxidation sites excluding steroid dienone is 1. The minimum absolute atomic E-state index is 0.0185. The molecule has 132 valence electrons. The summed E-state index contributed by atoms with van der Waals surface area (Å²) in [5.41, 5.74) is 2.85. The number of aryl methyl sites for hydroxylation is 1. The van der Waals surface area contributed by atoms with Gasteiger partial charge < -0.3 is 9.47 Å². The first-order chi connectivity index (χ1) is 12.0. The molecular weight excluding hydrogens is 322 g/mol. The fraction of sp³-hybridized carbons (Fsp3) is 0.529. The van der Waals surface area contributed by atoms with Gasteiger partial charge in [-0.05, 0) is 25.7 Å². The third-order valence-electron chi connectivity index (χ3n) is 5.24. The molecular formula is C17H21N5O3. The van der Waals surface area contributed by atoms with Crippen molar-refractivity contribution in [2.45, 2.75) is 32.2 Å². The summed E-state index contributed by atoms with van der Waals surface area (Å²) >= 11 is 0. The van der Waals surface area contributed by atoms with Crippen molar-refractivity contribution in [3.05, 3.63) is 38.3 Å². The number of likely N-dealkylation sites (tertiary alicyclic amines) is 1. The zero-order chi connectivity index (χ0) is 17.7. The normalized spacial score (nSPS) is 17.4. The second-order valence-corrected chi connectivity index (χ2v) is 6.84. The Morgan fingerprint density at radius 1 is 1.04 bits per heavy atom. The van der Waals surface area contributed by atoms with E-state index in [0.717, 1.165) is 30.5 Å². The predicted molar refractivity (Wildman–Crippen MR) is 92.3 cm³/mol. The first kappa shape index (κ1) is 15.9. The molecule has 2 aliphatic rings. The maximum Gasteiger partial charge on any atom is 0.332 e. The number of carbonyl (C=O) groups excluding carboxylic acids is 1. The fourth-order valence-electron chi connectivity index (χ4n) is 3.56. The number of rotatable bonds is 2. The van der Waals surface area contributed by atoms with Gasteiger partial charge in [0.2, 0.25) is 5.91 Å². The van der Waals surface area contributed by atoms with Gasteiger partial charge in [-0.3, -0.25) is 18.7 Å². The second kappa shape index (κ2) is 5.72. The summed E-state index contributed by atoms with van der Waals surface area (Å²) < 4.78 is 3.92. The molecule has 0 N–H and O–H groups in total. The highest BCUT2D eigenvalue weighted by atomic mass is 16.2. The topological polar surface area (TPSA) is 82.1 Å². The average molecular weight is 343 g/mol. The quantitative estimate of drug-likeness (QED) is 0.727. The van der Waals surface area contributed by atoms with Gasteiger partial charge in [-0.15, -0.1) is 0 Å². The molecule has 3 heterocycles. The summed E-state index contributed by atoms with van der Waals surface area (Å²) in [5.74, 6) is -0.0185. The number of fused-ring (bicyclic) bond motifs is 1. The molecule has 0 bridgehead atoms. The van der Waals surface area contributed by atoms with Gasteiger partial charge in [-0.1, -0.05) is 11.1 Å². The maximum atomic E-state index is 12.6. The van der Waals surface area contributed by atoms with Crippen LogP contribution >= 0.6 is 0 Å². The molecule has 0 unspecified atom stereocenters. The third kappa shape index (κ3) is 2.61. The first-order valence-electron chi connectivity index (χ1n) is 8.55. The van der Waals surface area contributed by atoms with Crippen LogP contribution in [-0.4, -0.2) is 42.6 Å². The van der Waals surface area contributed by atoms with Crippen molar-refractivity contribution in [2.75, 3.05) is 13.1 Å². The SMILES string of the molecule is Cn1c(=O)c2c(ncn2CC(=O)N2CCC(=C3CC3)CC2)n(C)c1=O. The molecule has 1 amide bonds. The molecule has 2 fully saturated rings. The first-order valence-corrected chi connectivity index (χ1v) is 8.55. The van der Waals surface area contributed by atoms with Gasteiger partial charge in [0.05, 0.1) is 6.33 Å². The third-order valence-corrected chi connectivity index (χ3v) is 5.24. The summed E-state index contributed by atoms with van der Waals surface area (Å²) in [6, 6.07) is 0. The standard InChI is InChI=1S/C17H21N5O3/c1-19-15-14(16(24)20(2)17(19)25)22(10-18-15)9-13(23)21-7-5-12(6-8-21)11-3-4-11/h10H,3-9H2,1-2H3. The Morgan fingerprint density at radius 2 is 1.68 bits per heavy atom. The number of hydrogen-bond acceptors (Lipinski definition) is 4. The van der Waals surface area contributed by atoms with Crippen molar-refractivity contribution in [1.29, 1.82) is 0 Å². The zero-order valence-corrected chi connectivity index (χ0v) is 14.5. The minimum atomic E-state index is -0.428. The van der Waals surface area contributed by atoms with Crippen LogP contribution in [0.25, 0.3) is 11.2 Å². The Hall–Kier alpha value is -2.64. The lowest BCUT2D eigenvalue weighted by Gasteiger charge is -2.28. The molecule has 25 heavy (non-hydrogen) atoms. The van der Waals surface area contributed by atoms with E-state index in [1.54, 1.807) is 17.2 Å². The van der Waals surface area contributed by atoms with E-state index in [1.807, 2.05) is 4.90 Å². The van der Waals surface area contributed by atoms with Gasteiger partial charge in [-0.25, -0.2) is 9.78 Å². The number of carbonyl (C=O) groups is 1. The Morgan fingerprint density at radius 3 is 2.32 bits per heavy atom. The predicted octanol–water partition coefficient (Wildman–Crippen LogP) is 0.146. The van der Waals surface area contributed by atoms with Crippen molar-refractivity contribution in [3.8, 4) is 0 Å². The summed E-state index contributed by atoms with van der Waals surface area (Å²) in [7, 11) is 3.00. The largest absolute Gasteiger partial charge is 0.341 e. The van der Waals surface area contributed by atoms with Crippen molar-refractivity contribution >= 4 is 17.1 Å². The lowest BCUT2D eigenvalue weighted by molar-refractivity contribution is -0.132. The van der Waals surface area contributed by atoms with Gasteiger partial charge in [0.15, 0.2) is 11.2 Å². The molecule has 1 saturated heterocycles. The summed E-state index contributed by atoms with van der Waals surface area (Å²) in [5, 5.41) is 0. The smallest absolute Gasteiger partial charge is 0.332 e. The Labute approximate surface area is 144 Å². The van der Waals surface area contributed by atoms with Crippen LogP contribution in [0, 0.1) is 0 Å². The summed E-state index contributed by atoms with van der Waals surface area (Å²) in [6.07, 6.45) is 5.84. The number of nitrogens with zero attached hydrogens (tertiary/aromatic N) is 5. The molecule has 1 aliphatic carbocycles. The van der Waals surface area contributed by atoms with Crippen LogP contribution in [0.15, 0.2) is 27.1 Å². The summed E-state index contributed by atoms with van der Waals surface area (Å²) in [4.78, 5) is 43.0. The van der Waals surface area contributed by atoms with Crippen LogP contribution in [-0.2, 0) is 25.4 Å². The molecule has 8 heteroatoms. The Kier molecular flexibility index (Phi) is 3.63. The highest BCUT2D eigenvalue weighted by Gasteiger charge is 2.25.